The Kier molecular flexibility index (Phi) is 4.04. The van der Waals surface area contributed by atoms with Crippen LogP contribution < -0.4 is 10.5 Å². The Labute approximate surface area is 113 Å². The average molecular weight is 260 g/mol. The minimum absolute atomic E-state index is 0.612. The molecule has 0 amide bonds. The van der Waals surface area contributed by atoms with Gasteiger partial charge in [0, 0.05) is 30.7 Å². The maximum absolute atomic E-state index is 5.92. The van der Waals surface area contributed by atoms with E-state index in [-0.39, 0.29) is 0 Å². The lowest BCUT2D eigenvalue weighted by molar-refractivity contribution is 0.340. The van der Waals surface area contributed by atoms with Crippen LogP contribution in [0.15, 0.2) is 18.2 Å². The maximum atomic E-state index is 5.92. The second-order valence-corrected chi connectivity index (χ2v) is 4.26. The highest BCUT2D eigenvalue weighted by Crippen LogP contribution is 2.22. The van der Waals surface area contributed by atoms with Gasteiger partial charge in [-0.3, -0.25) is 0 Å². The van der Waals surface area contributed by atoms with Gasteiger partial charge in [-0.05, 0) is 13.0 Å². The van der Waals surface area contributed by atoms with E-state index in [2.05, 4.69) is 17.0 Å². The van der Waals surface area contributed by atoms with E-state index in [0.29, 0.717) is 12.3 Å². The first-order valence-electron chi connectivity index (χ1n) is 6.66. The summed E-state index contributed by atoms with van der Waals surface area (Å²) in [6, 6.07) is 5.64. The minimum Gasteiger partial charge on any atom is -0.494 e. The van der Waals surface area contributed by atoms with Gasteiger partial charge in [0.1, 0.15) is 11.6 Å². The molecule has 0 saturated heterocycles. The fourth-order valence-corrected chi connectivity index (χ4v) is 1.96. The van der Waals surface area contributed by atoms with Crippen molar-refractivity contribution >= 4 is 5.69 Å². The Morgan fingerprint density at radius 3 is 2.58 bits per heavy atom. The number of hydrogen-bond acceptors (Lipinski definition) is 4. The lowest BCUT2D eigenvalue weighted by Gasteiger charge is -2.09. The first kappa shape index (κ1) is 13.4. The highest BCUT2D eigenvalue weighted by atomic mass is 16.5. The normalized spacial score (nSPS) is 10.7. The largest absolute Gasteiger partial charge is 0.494 e. The fraction of sp³-hybridized carbons (Fsp3) is 0.429. The van der Waals surface area contributed by atoms with Crippen molar-refractivity contribution in [1.82, 2.24) is 14.8 Å². The Bertz CT molecular complexity index is 563. The summed E-state index contributed by atoms with van der Waals surface area (Å²) in [5, 5.41) is 4.51. The molecule has 19 heavy (non-hydrogen) atoms. The van der Waals surface area contributed by atoms with Gasteiger partial charge in [0.15, 0.2) is 5.82 Å². The molecule has 1 aromatic heterocycles. The summed E-state index contributed by atoms with van der Waals surface area (Å²) >= 11 is 0. The first-order chi connectivity index (χ1) is 9.17. The van der Waals surface area contributed by atoms with Gasteiger partial charge in [0.05, 0.1) is 12.3 Å². The molecule has 0 fully saturated rings. The molecule has 5 heteroatoms. The molecule has 0 bridgehead atoms. The zero-order valence-electron chi connectivity index (χ0n) is 11.7. The van der Waals surface area contributed by atoms with Crippen LogP contribution in [0.4, 0.5) is 5.69 Å². The molecule has 0 saturated carbocycles. The van der Waals surface area contributed by atoms with Crippen LogP contribution in [0.1, 0.15) is 32.4 Å². The van der Waals surface area contributed by atoms with Gasteiger partial charge in [-0.15, -0.1) is 0 Å². The van der Waals surface area contributed by atoms with Gasteiger partial charge in [0.25, 0.3) is 0 Å². The molecular weight excluding hydrogens is 240 g/mol. The molecule has 0 aliphatic carbocycles. The van der Waals surface area contributed by atoms with Crippen molar-refractivity contribution in [3.63, 3.8) is 0 Å². The quantitative estimate of drug-likeness (QED) is 0.838. The zero-order valence-corrected chi connectivity index (χ0v) is 11.7. The molecule has 102 valence electrons. The van der Waals surface area contributed by atoms with E-state index in [1.54, 1.807) is 0 Å². The molecule has 1 heterocycles. The van der Waals surface area contributed by atoms with Crippen LogP contribution in [0.2, 0.25) is 0 Å². The Morgan fingerprint density at radius 1 is 1.16 bits per heavy atom. The van der Waals surface area contributed by atoms with Gasteiger partial charge in [-0.25, -0.2) is 9.67 Å². The number of hydrogen-bond donors (Lipinski definition) is 1. The second kappa shape index (κ2) is 5.73. The van der Waals surface area contributed by atoms with Gasteiger partial charge in [0.2, 0.25) is 0 Å². The van der Waals surface area contributed by atoms with Gasteiger partial charge < -0.3 is 10.5 Å². The topological polar surface area (TPSA) is 66.0 Å². The van der Waals surface area contributed by atoms with E-state index in [9.17, 15) is 0 Å². The van der Waals surface area contributed by atoms with Crippen molar-refractivity contribution in [2.24, 2.45) is 0 Å². The number of aromatic nitrogens is 3. The molecule has 2 N–H and O–H groups in total. The standard InChI is InChI=1S/C14H20N4O/c1-4-13-16-14(5-2)18(17-13)11-7-10(15)8-12(9-11)19-6-3/h7-9H,4-6,15H2,1-3H3. The van der Waals surface area contributed by atoms with E-state index < -0.39 is 0 Å². The Morgan fingerprint density at radius 2 is 1.95 bits per heavy atom. The van der Waals surface area contributed by atoms with Crippen molar-refractivity contribution in [3.05, 3.63) is 29.8 Å². The number of anilines is 1. The number of nitrogens with two attached hydrogens (primary N) is 1. The summed E-state index contributed by atoms with van der Waals surface area (Å²) in [6.45, 7) is 6.67. The van der Waals surface area contributed by atoms with Crippen molar-refractivity contribution in [2.45, 2.75) is 33.6 Å². The van der Waals surface area contributed by atoms with E-state index in [4.69, 9.17) is 10.5 Å². The van der Waals surface area contributed by atoms with Crippen molar-refractivity contribution < 1.29 is 4.74 Å². The van der Waals surface area contributed by atoms with E-state index in [1.165, 1.54) is 0 Å². The van der Waals surface area contributed by atoms with Crippen molar-refractivity contribution in [3.8, 4) is 11.4 Å². The number of ether oxygens (including phenoxy) is 1. The number of rotatable bonds is 5. The fourth-order valence-electron chi connectivity index (χ4n) is 1.96. The predicted molar refractivity (Wildman–Crippen MR) is 75.7 cm³/mol. The van der Waals surface area contributed by atoms with Crippen LogP contribution in [0, 0.1) is 0 Å². The summed E-state index contributed by atoms with van der Waals surface area (Å²) in [5.74, 6) is 2.54. The van der Waals surface area contributed by atoms with E-state index in [1.807, 2.05) is 36.7 Å². The monoisotopic (exact) mass is 260 g/mol. The summed E-state index contributed by atoms with van der Waals surface area (Å²) in [6.07, 6.45) is 1.65. The third kappa shape index (κ3) is 2.86. The first-order valence-corrected chi connectivity index (χ1v) is 6.66. The number of benzene rings is 1. The molecule has 0 unspecified atom stereocenters. The molecule has 0 atom stereocenters. The van der Waals surface area contributed by atoms with Crippen LogP contribution in [-0.2, 0) is 12.8 Å². The highest BCUT2D eigenvalue weighted by Gasteiger charge is 2.10. The lowest BCUT2D eigenvalue weighted by Crippen LogP contribution is -2.04. The molecular formula is C14H20N4O. The van der Waals surface area contributed by atoms with Crippen LogP contribution in [0.3, 0.4) is 0 Å². The van der Waals surface area contributed by atoms with Gasteiger partial charge >= 0.3 is 0 Å². The third-order valence-electron chi connectivity index (χ3n) is 2.82. The third-order valence-corrected chi connectivity index (χ3v) is 2.82. The smallest absolute Gasteiger partial charge is 0.151 e. The Balaban J connectivity index is 2.48. The predicted octanol–water partition coefficient (Wildman–Crippen LogP) is 2.37. The van der Waals surface area contributed by atoms with Crippen LogP contribution in [0.25, 0.3) is 5.69 Å². The highest BCUT2D eigenvalue weighted by molar-refractivity contribution is 5.53. The Hall–Kier alpha value is -2.04. The summed E-state index contributed by atoms with van der Waals surface area (Å²) in [7, 11) is 0. The average Bonchev–Trinajstić information content (AvgIpc) is 2.81. The molecule has 0 aliphatic rings. The number of nitrogen functional groups attached to an aromatic ring is 1. The van der Waals surface area contributed by atoms with Crippen molar-refractivity contribution in [2.75, 3.05) is 12.3 Å². The van der Waals surface area contributed by atoms with Gasteiger partial charge in [-0.2, -0.15) is 5.10 Å². The minimum atomic E-state index is 0.612. The SMILES string of the molecule is CCOc1cc(N)cc(-n2nc(CC)nc2CC)c1. The van der Waals surface area contributed by atoms with Crippen LogP contribution >= 0.6 is 0 Å². The van der Waals surface area contributed by atoms with Crippen molar-refractivity contribution in [1.29, 1.82) is 0 Å². The van der Waals surface area contributed by atoms with Crippen LogP contribution in [0.5, 0.6) is 5.75 Å². The molecule has 2 rings (SSSR count). The maximum Gasteiger partial charge on any atom is 0.151 e. The number of nitrogens with zero attached hydrogens (tertiary/aromatic N) is 3. The lowest BCUT2D eigenvalue weighted by atomic mass is 10.2. The molecule has 2 aromatic rings. The van der Waals surface area contributed by atoms with E-state index >= 15 is 0 Å². The molecule has 0 radical (unpaired) electrons. The number of aryl methyl sites for hydroxylation is 2. The van der Waals surface area contributed by atoms with Gasteiger partial charge in [-0.1, -0.05) is 13.8 Å². The summed E-state index contributed by atoms with van der Waals surface area (Å²) < 4.78 is 7.36. The molecule has 0 aliphatic heterocycles. The summed E-state index contributed by atoms with van der Waals surface area (Å²) in [4.78, 5) is 4.50. The molecule has 1 aromatic carbocycles. The van der Waals surface area contributed by atoms with Crippen LogP contribution in [-0.4, -0.2) is 21.4 Å². The second-order valence-electron chi connectivity index (χ2n) is 4.26. The zero-order chi connectivity index (χ0) is 13.8. The van der Waals surface area contributed by atoms with E-state index in [0.717, 1.165) is 35.9 Å². The molecule has 5 nitrogen and oxygen atoms in total. The molecule has 0 spiro atoms. The summed E-state index contributed by atoms with van der Waals surface area (Å²) in [5.41, 5.74) is 7.48.